The Labute approximate surface area is 188 Å². The maximum atomic E-state index is 13.6. The number of hydrogen-bond acceptors (Lipinski definition) is 5. The molecule has 3 heterocycles. The van der Waals surface area contributed by atoms with Gasteiger partial charge in [-0.2, -0.15) is 5.26 Å². The lowest BCUT2D eigenvalue weighted by Gasteiger charge is -2.19. The summed E-state index contributed by atoms with van der Waals surface area (Å²) < 4.78 is 27.1. The highest BCUT2D eigenvalue weighted by atomic mass is 19.3. The highest BCUT2D eigenvalue weighted by molar-refractivity contribution is 6.00. The summed E-state index contributed by atoms with van der Waals surface area (Å²) in [5.74, 6) is -4.39. The van der Waals surface area contributed by atoms with E-state index in [1.54, 1.807) is 18.3 Å². The number of pyridine rings is 2. The molecular weight excluding hydrogens is 428 g/mol. The maximum Gasteiger partial charge on any atom is 0.268 e. The van der Waals surface area contributed by atoms with Crippen LogP contribution in [0.4, 0.5) is 8.78 Å². The predicted molar refractivity (Wildman–Crippen MR) is 118 cm³/mol. The number of likely N-dealkylation sites (tertiary alicyclic amines) is 1. The Morgan fingerprint density at radius 1 is 1.24 bits per heavy atom. The Hall–Kier alpha value is -4.19. The molecule has 0 bridgehead atoms. The van der Waals surface area contributed by atoms with Crippen molar-refractivity contribution < 1.29 is 18.4 Å². The van der Waals surface area contributed by atoms with E-state index in [-0.39, 0.29) is 5.56 Å². The van der Waals surface area contributed by atoms with Crippen LogP contribution < -0.4 is 5.32 Å². The van der Waals surface area contributed by atoms with Gasteiger partial charge in [0.25, 0.3) is 11.8 Å². The third-order valence-corrected chi connectivity index (χ3v) is 5.32. The minimum Gasteiger partial charge on any atom is -0.343 e. The second-order valence-electron chi connectivity index (χ2n) is 7.66. The van der Waals surface area contributed by atoms with Crippen LogP contribution in [0.1, 0.15) is 27.9 Å². The van der Waals surface area contributed by atoms with E-state index in [0.29, 0.717) is 5.56 Å². The lowest BCUT2D eigenvalue weighted by Crippen LogP contribution is -2.43. The Kier molecular flexibility index (Phi) is 6.09. The van der Waals surface area contributed by atoms with Gasteiger partial charge in [0, 0.05) is 41.5 Å². The molecule has 0 spiro atoms. The van der Waals surface area contributed by atoms with Gasteiger partial charge in [0.15, 0.2) is 0 Å². The highest BCUT2D eigenvalue weighted by Gasteiger charge is 2.47. The van der Waals surface area contributed by atoms with Crippen LogP contribution in [-0.4, -0.2) is 51.7 Å². The fourth-order valence-corrected chi connectivity index (χ4v) is 3.68. The summed E-state index contributed by atoms with van der Waals surface area (Å²) in [7, 11) is 0. The van der Waals surface area contributed by atoms with Crippen LogP contribution in [-0.2, 0) is 4.79 Å². The molecule has 0 aliphatic carbocycles. The van der Waals surface area contributed by atoms with Gasteiger partial charge < -0.3 is 10.2 Å². The molecule has 1 aliphatic heterocycles. The number of hydrogen-bond donors (Lipinski definition) is 1. The molecule has 166 valence electrons. The van der Waals surface area contributed by atoms with Gasteiger partial charge in [-0.15, -0.1) is 0 Å². The van der Waals surface area contributed by atoms with Crippen LogP contribution >= 0.6 is 0 Å². The molecule has 1 saturated heterocycles. The molecule has 2 aromatic heterocycles. The molecule has 1 fully saturated rings. The summed E-state index contributed by atoms with van der Waals surface area (Å²) in [5, 5.41) is 12.5. The molecular formula is C24H19F2N5O2. The number of aromatic nitrogens is 2. The smallest absolute Gasteiger partial charge is 0.268 e. The van der Waals surface area contributed by atoms with Crippen LogP contribution in [0.15, 0.2) is 55.0 Å². The molecule has 9 heteroatoms. The van der Waals surface area contributed by atoms with Crippen LogP contribution in [0.5, 0.6) is 0 Å². The number of rotatable bonds is 5. The lowest BCUT2D eigenvalue weighted by atomic mass is 10.1. The normalized spacial score (nSPS) is 17.2. The van der Waals surface area contributed by atoms with Crippen molar-refractivity contribution in [2.24, 2.45) is 0 Å². The number of nitrogens with zero attached hydrogens (tertiary/aromatic N) is 4. The van der Waals surface area contributed by atoms with E-state index >= 15 is 0 Å². The number of nitrogens with one attached hydrogen (secondary N) is 1. The van der Waals surface area contributed by atoms with E-state index in [0.717, 1.165) is 21.4 Å². The van der Waals surface area contributed by atoms with E-state index in [4.69, 9.17) is 5.26 Å². The predicted octanol–water partition coefficient (Wildman–Crippen LogP) is 3.29. The van der Waals surface area contributed by atoms with Crippen molar-refractivity contribution in [3.63, 3.8) is 0 Å². The zero-order valence-corrected chi connectivity index (χ0v) is 17.4. The van der Waals surface area contributed by atoms with Crippen molar-refractivity contribution in [2.45, 2.75) is 18.4 Å². The summed E-state index contributed by atoms with van der Waals surface area (Å²) >= 11 is 0. The summed E-state index contributed by atoms with van der Waals surface area (Å²) in [6.07, 6.45) is 7.54. The van der Waals surface area contributed by atoms with Crippen LogP contribution in [0.3, 0.4) is 0 Å². The third kappa shape index (κ3) is 5.01. The van der Waals surface area contributed by atoms with Crippen molar-refractivity contribution in [3.05, 3.63) is 71.7 Å². The Bertz CT molecular complexity index is 1290. The molecule has 0 saturated carbocycles. The number of amides is 2. The van der Waals surface area contributed by atoms with Crippen molar-refractivity contribution in [1.29, 1.82) is 5.26 Å². The van der Waals surface area contributed by atoms with Crippen LogP contribution in [0.25, 0.3) is 23.1 Å². The minimum absolute atomic E-state index is 0.278. The monoisotopic (exact) mass is 447 g/mol. The van der Waals surface area contributed by atoms with Gasteiger partial charge in [-0.05, 0) is 29.8 Å². The first-order chi connectivity index (χ1) is 15.9. The fraction of sp³-hybridized carbons (Fsp3) is 0.208. The first-order valence-electron chi connectivity index (χ1n) is 10.2. The molecule has 1 unspecified atom stereocenters. The Morgan fingerprint density at radius 3 is 2.91 bits per heavy atom. The second kappa shape index (κ2) is 9.12. The van der Waals surface area contributed by atoms with E-state index in [9.17, 15) is 18.4 Å². The summed E-state index contributed by atoms with van der Waals surface area (Å²) in [6, 6.07) is 11.6. The SMILES string of the molecule is N#CC1CC(F)(F)CN1C(=O)CNC(=O)c1ccncc1C=Cc1ccc2ncccc2c1. The average molecular weight is 447 g/mol. The van der Waals surface area contributed by atoms with E-state index in [1.165, 1.54) is 18.5 Å². The summed E-state index contributed by atoms with van der Waals surface area (Å²) in [4.78, 5) is 34.2. The molecule has 4 rings (SSSR count). The lowest BCUT2D eigenvalue weighted by molar-refractivity contribution is -0.131. The highest BCUT2D eigenvalue weighted by Crippen LogP contribution is 2.31. The number of halogens is 2. The van der Waals surface area contributed by atoms with Gasteiger partial charge in [-0.3, -0.25) is 19.6 Å². The molecule has 3 aromatic rings. The van der Waals surface area contributed by atoms with E-state index in [2.05, 4.69) is 15.3 Å². The van der Waals surface area contributed by atoms with Gasteiger partial charge in [0.05, 0.1) is 24.7 Å². The van der Waals surface area contributed by atoms with Gasteiger partial charge in [0.1, 0.15) is 6.04 Å². The molecule has 1 atom stereocenters. The zero-order chi connectivity index (χ0) is 23.4. The molecule has 0 radical (unpaired) electrons. The van der Waals surface area contributed by atoms with Gasteiger partial charge in [-0.25, -0.2) is 8.78 Å². The Morgan fingerprint density at radius 2 is 2.09 bits per heavy atom. The van der Waals surface area contributed by atoms with Crippen molar-refractivity contribution in [3.8, 4) is 6.07 Å². The van der Waals surface area contributed by atoms with Gasteiger partial charge in [0.2, 0.25) is 5.91 Å². The maximum absolute atomic E-state index is 13.6. The molecule has 1 aromatic carbocycles. The average Bonchev–Trinajstić information content (AvgIpc) is 3.15. The van der Waals surface area contributed by atoms with Gasteiger partial charge in [-0.1, -0.05) is 24.3 Å². The fourth-order valence-electron chi connectivity index (χ4n) is 3.68. The van der Waals surface area contributed by atoms with Crippen LogP contribution in [0, 0.1) is 11.3 Å². The summed E-state index contributed by atoms with van der Waals surface area (Å²) in [6.45, 7) is -1.32. The topological polar surface area (TPSA) is 99.0 Å². The van der Waals surface area contributed by atoms with Crippen molar-refractivity contribution in [1.82, 2.24) is 20.2 Å². The van der Waals surface area contributed by atoms with Crippen molar-refractivity contribution in [2.75, 3.05) is 13.1 Å². The number of nitriles is 1. The third-order valence-electron chi connectivity index (χ3n) is 5.32. The number of benzene rings is 1. The first-order valence-corrected chi connectivity index (χ1v) is 10.2. The molecule has 1 N–H and O–H groups in total. The quantitative estimate of drug-likeness (QED) is 0.647. The first kappa shape index (κ1) is 22.0. The van der Waals surface area contributed by atoms with Crippen molar-refractivity contribution >= 4 is 34.9 Å². The second-order valence-corrected chi connectivity index (χ2v) is 7.66. The number of fused-ring (bicyclic) bond motifs is 1. The van der Waals surface area contributed by atoms with E-state index in [1.807, 2.05) is 36.4 Å². The van der Waals surface area contributed by atoms with Gasteiger partial charge >= 0.3 is 0 Å². The Balaban J connectivity index is 1.45. The number of carbonyl (C=O) groups is 2. The zero-order valence-electron chi connectivity index (χ0n) is 17.4. The van der Waals surface area contributed by atoms with Crippen LogP contribution in [0.2, 0.25) is 0 Å². The molecule has 7 nitrogen and oxygen atoms in total. The molecule has 1 aliphatic rings. The molecule has 33 heavy (non-hydrogen) atoms. The molecule has 2 amide bonds. The number of alkyl halides is 2. The standard InChI is InChI=1S/C24H19F2N5O2/c25-24(26)11-19(12-27)31(15-24)22(32)14-30-23(33)20-7-9-28-13-18(20)5-3-16-4-6-21-17(10-16)2-1-8-29-21/h1-10,13,19H,11,14-15H2,(H,30,33). The minimum atomic E-state index is -3.11. The van der Waals surface area contributed by atoms with E-state index < -0.39 is 43.3 Å². The number of carbonyl (C=O) groups excluding carboxylic acids is 2. The largest absolute Gasteiger partial charge is 0.343 e. The summed E-state index contributed by atoms with van der Waals surface area (Å²) in [5.41, 5.74) is 2.57.